The SMILES string of the molecule is COc1ccc2c(Cl)c(C([O-])=Nc3nn[nH]n3)sc2c1. The van der Waals surface area contributed by atoms with E-state index < -0.39 is 5.90 Å². The second kappa shape index (κ2) is 5.06. The molecule has 2 aromatic heterocycles. The number of nitrogens with one attached hydrogen (secondary N) is 1. The summed E-state index contributed by atoms with van der Waals surface area (Å²) in [5.74, 6) is 0.169. The number of methoxy groups -OCH3 is 1. The van der Waals surface area contributed by atoms with Crippen molar-refractivity contribution >= 4 is 44.9 Å². The van der Waals surface area contributed by atoms with Crippen LogP contribution >= 0.6 is 22.9 Å². The van der Waals surface area contributed by atoms with Crippen molar-refractivity contribution in [1.29, 1.82) is 0 Å². The van der Waals surface area contributed by atoms with Gasteiger partial charge in [0, 0.05) is 16.0 Å². The fourth-order valence-corrected chi connectivity index (χ4v) is 3.08. The summed E-state index contributed by atoms with van der Waals surface area (Å²) < 4.78 is 5.99. The molecular formula is C11H7ClN5O2S-. The van der Waals surface area contributed by atoms with Crippen molar-refractivity contribution in [2.75, 3.05) is 7.11 Å². The van der Waals surface area contributed by atoms with Gasteiger partial charge in [0.2, 0.25) is 0 Å². The van der Waals surface area contributed by atoms with Gasteiger partial charge in [-0.05, 0) is 23.4 Å². The number of hydrogen-bond donors (Lipinski definition) is 1. The first-order valence-corrected chi connectivity index (χ1v) is 6.64. The highest BCUT2D eigenvalue weighted by molar-refractivity contribution is 7.21. The van der Waals surface area contributed by atoms with Crippen LogP contribution in [0.5, 0.6) is 5.75 Å². The molecule has 0 unspecified atom stereocenters. The second-order valence-electron chi connectivity index (χ2n) is 3.74. The van der Waals surface area contributed by atoms with Crippen LogP contribution in [-0.2, 0) is 0 Å². The van der Waals surface area contributed by atoms with Crippen molar-refractivity contribution in [3.8, 4) is 5.75 Å². The number of nitrogens with zero attached hydrogens (tertiary/aromatic N) is 4. The Morgan fingerprint density at radius 2 is 2.35 bits per heavy atom. The molecule has 1 N–H and O–H groups in total. The summed E-state index contributed by atoms with van der Waals surface area (Å²) in [6, 6.07) is 5.40. The third kappa shape index (κ3) is 2.19. The maximum Gasteiger partial charge on any atom is 0.288 e. The summed E-state index contributed by atoms with van der Waals surface area (Å²) in [4.78, 5) is 4.06. The minimum Gasteiger partial charge on any atom is -0.858 e. The highest BCUT2D eigenvalue weighted by atomic mass is 35.5. The van der Waals surface area contributed by atoms with Gasteiger partial charge in [-0.1, -0.05) is 16.7 Å². The molecule has 3 rings (SSSR count). The average molecular weight is 309 g/mol. The van der Waals surface area contributed by atoms with Gasteiger partial charge in [-0.3, -0.25) is 0 Å². The summed E-state index contributed by atoms with van der Waals surface area (Å²) in [6.07, 6.45) is 0. The number of aromatic nitrogens is 4. The summed E-state index contributed by atoms with van der Waals surface area (Å²) in [5.41, 5.74) is 0. The first-order chi connectivity index (χ1) is 9.69. The molecule has 0 bridgehead atoms. The van der Waals surface area contributed by atoms with E-state index in [9.17, 15) is 5.11 Å². The van der Waals surface area contributed by atoms with Crippen molar-refractivity contribution in [3.05, 3.63) is 28.1 Å². The maximum absolute atomic E-state index is 12.1. The van der Waals surface area contributed by atoms with Crippen LogP contribution in [0.1, 0.15) is 4.88 Å². The van der Waals surface area contributed by atoms with E-state index in [4.69, 9.17) is 16.3 Å². The Labute approximate surface area is 121 Å². The third-order valence-corrected chi connectivity index (χ3v) is 4.21. The van der Waals surface area contributed by atoms with Crippen LogP contribution in [0.2, 0.25) is 5.02 Å². The molecule has 0 aliphatic rings. The molecule has 0 saturated carbocycles. The predicted octanol–water partition coefficient (Wildman–Crippen LogP) is 1.51. The van der Waals surface area contributed by atoms with Crippen LogP contribution in [0.3, 0.4) is 0 Å². The fraction of sp³-hybridized carbons (Fsp3) is 0.0909. The lowest BCUT2D eigenvalue weighted by molar-refractivity contribution is -0.212. The van der Waals surface area contributed by atoms with Crippen molar-refractivity contribution in [1.82, 2.24) is 20.6 Å². The van der Waals surface area contributed by atoms with E-state index in [1.165, 1.54) is 11.3 Å². The van der Waals surface area contributed by atoms with Gasteiger partial charge in [0.15, 0.2) is 0 Å². The van der Waals surface area contributed by atoms with Crippen molar-refractivity contribution < 1.29 is 9.84 Å². The van der Waals surface area contributed by atoms with Gasteiger partial charge in [0.1, 0.15) is 5.75 Å². The number of tetrazole rings is 1. The van der Waals surface area contributed by atoms with E-state index >= 15 is 0 Å². The van der Waals surface area contributed by atoms with Crippen LogP contribution in [0, 0.1) is 0 Å². The zero-order valence-electron chi connectivity index (χ0n) is 10.1. The summed E-state index contributed by atoms with van der Waals surface area (Å²) in [5, 5.41) is 26.0. The highest BCUT2D eigenvalue weighted by Gasteiger charge is 2.11. The molecule has 0 amide bonds. The number of thiophene rings is 1. The van der Waals surface area contributed by atoms with Gasteiger partial charge in [-0.2, -0.15) is 5.21 Å². The number of aliphatic imine (C=N–C) groups is 1. The zero-order chi connectivity index (χ0) is 14.1. The molecule has 3 aromatic rings. The topological polar surface area (TPSA) is 99.1 Å². The molecule has 7 nitrogen and oxygen atoms in total. The van der Waals surface area contributed by atoms with Crippen molar-refractivity contribution in [3.63, 3.8) is 0 Å². The molecule has 0 radical (unpaired) electrons. The minimum absolute atomic E-state index is 0.0268. The van der Waals surface area contributed by atoms with Gasteiger partial charge in [-0.25, -0.2) is 4.99 Å². The molecule has 9 heteroatoms. The summed E-state index contributed by atoms with van der Waals surface area (Å²) in [6.45, 7) is 0. The van der Waals surface area contributed by atoms with Crippen LogP contribution in [-0.4, -0.2) is 33.6 Å². The standard InChI is InChI=1S/C11H8ClN5O2S/c1-19-5-2-3-6-7(4-5)20-9(8(6)12)10(18)13-11-14-16-17-15-11/h2-4H,1H3,(H2,13,14,15,16,17,18)/p-1. The van der Waals surface area contributed by atoms with Crippen LogP contribution in [0.4, 0.5) is 5.95 Å². The van der Waals surface area contributed by atoms with Gasteiger partial charge in [0.25, 0.3) is 5.95 Å². The molecule has 0 atom stereocenters. The van der Waals surface area contributed by atoms with Gasteiger partial charge >= 0.3 is 0 Å². The molecule has 0 saturated heterocycles. The second-order valence-corrected chi connectivity index (χ2v) is 5.17. The molecule has 2 heterocycles. The third-order valence-electron chi connectivity index (χ3n) is 2.57. The van der Waals surface area contributed by atoms with E-state index in [1.54, 1.807) is 19.2 Å². The summed E-state index contributed by atoms with van der Waals surface area (Å²) >= 11 is 7.45. The maximum atomic E-state index is 12.1. The molecule has 0 aliphatic carbocycles. The van der Waals surface area contributed by atoms with E-state index in [0.29, 0.717) is 15.6 Å². The molecular weight excluding hydrogens is 302 g/mol. The zero-order valence-corrected chi connectivity index (χ0v) is 11.7. The van der Waals surface area contributed by atoms with Gasteiger partial charge in [-0.15, -0.1) is 16.4 Å². The normalized spacial score (nSPS) is 12.0. The number of ether oxygens (including phenoxy) is 1. The molecule has 102 valence electrons. The first-order valence-electron chi connectivity index (χ1n) is 5.44. The number of benzene rings is 1. The Bertz CT molecular complexity index is 784. The van der Waals surface area contributed by atoms with E-state index in [0.717, 1.165) is 10.1 Å². The Balaban J connectivity index is 2.10. The minimum atomic E-state index is -0.503. The fourth-order valence-electron chi connectivity index (χ4n) is 1.66. The van der Waals surface area contributed by atoms with Crippen LogP contribution in [0.25, 0.3) is 10.1 Å². The summed E-state index contributed by atoms with van der Waals surface area (Å²) in [7, 11) is 1.58. The molecule has 1 aromatic carbocycles. The Morgan fingerprint density at radius 3 is 3.05 bits per heavy atom. The number of fused-ring (bicyclic) bond motifs is 1. The Morgan fingerprint density at radius 1 is 1.50 bits per heavy atom. The molecule has 0 aliphatic heterocycles. The lowest BCUT2D eigenvalue weighted by atomic mass is 10.2. The van der Waals surface area contributed by atoms with E-state index in [1.807, 2.05) is 6.07 Å². The van der Waals surface area contributed by atoms with Gasteiger partial charge in [0.05, 0.1) is 17.0 Å². The number of H-pyrrole nitrogens is 1. The van der Waals surface area contributed by atoms with Crippen LogP contribution < -0.4 is 9.84 Å². The Hall–Kier alpha value is -2.19. The lowest BCUT2D eigenvalue weighted by Gasteiger charge is -2.06. The van der Waals surface area contributed by atoms with Crippen molar-refractivity contribution in [2.24, 2.45) is 4.99 Å². The quantitative estimate of drug-likeness (QED) is 0.584. The largest absolute Gasteiger partial charge is 0.858 e. The van der Waals surface area contributed by atoms with E-state index in [2.05, 4.69) is 25.6 Å². The van der Waals surface area contributed by atoms with Crippen molar-refractivity contribution in [2.45, 2.75) is 0 Å². The smallest absolute Gasteiger partial charge is 0.288 e. The average Bonchev–Trinajstić information content (AvgIpc) is 3.06. The van der Waals surface area contributed by atoms with Gasteiger partial charge < -0.3 is 9.84 Å². The number of halogens is 1. The predicted molar refractivity (Wildman–Crippen MR) is 73.8 cm³/mol. The Kier molecular flexibility index (Phi) is 3.25. The monoisotopic (exact) mass is 308 g/mol. The molecule has 20 heavy (non-hydrogen) atoms. The molecule has 0 fully saturated rings. The van der Waals surface area contributed by atoms with E-state index in [-0.39, 0.29) is 5.95 Å². The number of rotatable bonds is 3. The first kappa shape index (κ1) is 12.8. The molecule has 0 spiro atoms. The van der Waals surface area contributed by atoms with Crippen LogP contribution in [0.15, 0.2) is 23.2 Å². The lowest BCUT2D eigenvalue weighted by Crippen LogP contribution is -2.17. The highest BCUT2D eigenvalue weighted by Crippen LogP contribution is 2.37. The number of hydrogen-bond acceptors (Lipinski definition) is 7. The number of aromatic amines is 1.